The summed E-state index contributed by atoms with van der Waals surface area (Å²) in [6, 6.07) is 1.52. The van der Waals surface area contributed by atoms with Gasteiger partial charge in [0.1, 0.15) is 11.6 Å². The third kappa shape index (κ3) is 5.38. The third-order valence-electron chi connectivity index (χ3n) is 6.46. The first-order valence-corrected chi connectivity index (χ1v) is 12.7. The summed E-state index contributed by atoms with van der Waals surface area (Å²) in [6.07, 6.45) is 4.35. The second-order valence-corrected chi connectivity index (χ2v) is 10.9. The average molecular weight is 464 g/mol. The quantitative estimate of drug-likeness (QED) is 0.602. The number of carbonyl (C=O) groups excluding carboxylic acids is 2. The van der Waals surface area contributed by atoms with E-state index in [4.69, 9.17) is 10.00 Å². The summed E-state index contributed by atoms with van der Waals surface area (Å²) in [4.78, 5) is 41.3. The van der Waals surface area contributed by atoms with Gasteiger partial charge in [-0.05, 0) is 50.7 Å². The topological polar surface area (TPSA) is 137 Å². The lowest BCUT2D eigenvalue weighted by Crippen LogP contribution is -2.48. The Bertz CT molecular complexity index is 1100. The number of nitrogens with one attached hydrogen (secondary N) is 1. The van der Waals surface area contributed by atoms with Gasteiger partial charge in [-0.25, -0.2) is 8.42 Å². The van der Waals surface area contributed by atoms with Crippen LogP contribution in [0.4, 0.5) is 0 Å². The van der Waals surface area contributed by atoms with Crippen molar-refractivity contribution in [2.45, 2.75) is 70.9 Å². The van der Waals surface area contributed by atoms with Gasteiger partial charge < -0.3 is 14.6 Å². The van der Waals surface area contributed by atoms with Crippen molar-refractivity contribution in [2.24, 2.45) is 0 Å². The predicted molar refractivity (Wildman–Crippen MR) is 117 cm³/mol. The fraction of sp³-hybridized carbons (Fsp3) is 0.636. The predicted octanol–water partition coefficient (Wildman–Crippen LogP) is 1.30. The van der Waals surface area contributed by atoms with Gasteiger partial charge in [0.25, 0.3) is 11.5 Å². The highest BCUT2D eigenvalue weighted by Crippen LogP contribution is 2.29. The molecule has 2 aliphatic rings. The highest BCUT2D eigenvalue weighted by molar-refractivity contribution is 7.91. The van der Waals surface area contributed by atoms with Crippen LogP contribution < -0.4 is 5.56 Å². The molecule has 0 bridgehead atoms. The SMILES string of the molecule is Cc1[nH]c(=O)c(C#N)c(C)c1CCC(=O)OCC(=O)N(C1CCCC1)C1CCS(=O)(=O)C1. The molecule has 1 unspecified atom stereocenters. The van der Waals surface area contributed by atoms with Crippen LogP contribution in [0.3, 0.4) is 0 Å². The van der Waals surface area contributed by atoms with E-state index in [1.807, 2.05) is 6.07 Å². The van der Waals surface area contributed by atoms with Gasteiger partial charge in [0, 0.05) is 24.2 Å². The Balaban J connectivity index is 1.60. The van der Waals surface area contributed by atoms with Crippen LogP contribution in [-0.2, 0) is 30.6 Å². The normalized spacial score (nSPS) is 20.1. The zero-order chi connectivity index (χ0) is 23.5. The van der Waals surface area contributed by atoms with Gasteiger partial charge in [-0.1, -0.05) is 12.8 Å². The second-order valence-electron chi connectivity index (χ2n) is 8.63. The van der Waals surface area contributed by atoms with Gasteiger partial charge in [0.15, 0.2) is 16.4 Å². The smallest absolute Gasteiger partial charge is 0.306 e. The minimum Gasteiger partial charge on any atom is -0.456 e. The molecule has 0 radical (unpaired) electrons. The first-order valence-electron chi connectivity index (χ1n) is 10.9. The number of carbonyl (C=O) groups is 2. The van der Waals surface area contributed by atoms with E-state index in [1.165, 1.54) is 0 Å². The van der Waals surface area contributed by atoms with Crippen LogP contribution in [0, 0.1) is 25.2 Å². The molecule has 1 N–H and O–H groups in total. The molecule has 9 nitrogen and oxygen atoms in total. The zero-order valence-corrected chi connectivity index (χ0v) is 19.3. The number of hydrogen-bond donors (Lipinski definition) is 1. The number of esters is 1. The molecule has 1 aliphatic heterocycles. The zero-order valence-electron chi connectivity index (χ0n) is 18.5. The maximum atomic E-state index is 12.9. The lowest BCUT2D eigenvalue weighted by molar-refractivity contribution is -0.154. The van der Waals surface area contributed by atoms with E-state index in [1.54, 1.807) is 18.7 Å². The van der Waals surface area contributed by atoms with Crippen molar-refractivity contribution >= 4 is 21.7 Å². The minimum atomic E-state index is -3.14. The number of nitriles is 1. The molecule has 174 valence electrons. The van der Waals surface area contributed by atoms with Crippen molar-refractivity contribution in [1.82, 2.24) is 9.88 Å². The summed E-state index contributed by atoms with van der Waals surface area (Å²) < 4.78 is 29.1. The van der Waals surface area contributed by atoms with Crippen LogP contribution in [0.1, 0.15) is 60.9 Å². The summed E-state index contributed by atoms with van der Waals surface area (Å²) in [7, 11) is -3.14. The number of aromatic amines is 1. The van der Waals surface area contributed by atoms with Gasteiger partial charge in [-0.15, -0.1) is 0 Å². The largest absolute Gasteiger partial charge is 0.456 e. The Kier molecular flexibility index (Phi) is 7.39. The van der Waals surface area contributed by atoms with Gasteiger partial charge in [-0.2, -0.15) is 5.26 Å². The summed E-state index contributed by atoms with van der Waals surface area (Å²) >= 11 is 0. The van der Waals surface area contributed by atoms with E-state index in [0.717, 1.165) is 25.7 Å². The van der Waals surface area contributed by atoms with E-state index in [-0.39, 0.29) is 47.9 Å². The number of sulfone groups is 1. The number of hydrogen-bond acceptors (Lipinski definition) is 7. The van der Waals surface area contributed by atoms with Crippen molar-refractivity contribution in [1.29, 1.82) is 5.26 Å². The molecule has 1 aromatic heterocycles. The molecule has 1 saturated carbocycles. The first kappa shape index (κ1) is 24.0. The maximum Gasteiger partial charge on any atom is 0.306 e. The Labute approximate surface area is 187 Å². The number of rotatable bonds is 7. The van der Waals surface area contributed by atoms with E-state index in [2.05, 4.69) is 4.98 Å². The highest BCUT2D eigenvalue weighted by atomic mass is 32.2. The third-order valence-corrected chi connectivity index (χ3v) is 8.21. The first-order chi connectivity index (χ1) is 15.1. The molecule has 3 rings (SSSR count). The molecule has 0 spiro atoms. The fourth-order valence-electron chi connectivity index (χ4n) is 4.82. The lowest BCUT2D eigenvalue weighted by atomic mass is 9.99. The molecule has 2 heterocycles. The summed E-state index contributed by atoms with van der Waals surface area (Å²) in [6.45, 7) is 2.95. The van der Waals surface area contributed by atoms with Crippen LogP contribution in [0.25, 0.3) is 0 Å². The fourth-order valence-corrected chi connectivity index (χ4v) is 6.53. The molecular weight excluding hydrogens is 434 g/mol. The van der Waals surface area contributed by atoms with Gasteiger partial charge in [-0.3, -0.25) is 14.4 Å². The molecule has 1 amide bonds. The molecule has 1 aromatic rings. The Morgan fingerprint density at radius 1 is 1.19 bits per heavy atom. The summed E-state index contributed by atoms with van der Waals surface area (Å²) in [5, 5.41) is 9.16. The average Bonchev–Trinajstić information content (AvgIpc) is 3.36. The number of ether oxygens (including phenoxy) is 1. The molecular formula is C22H29N3O6S. The molecule has 1 atom stereocenters. The van der Waals surface area contributed by atoms with E-state index in [9.17, 15) is 22.8 Å². The number of pyridine rings is 1. The molecule has 1 aliphatic carbocycles. The Morgan fingerprint density at radius 3 is 2.47 bits per heavy atom. The van der Waals surface area contributed by atoms with Crippen LogP contribution in [0.15, 0.2) is 4.79 Å². The minimum absolute atomic E-state index is 0.00431. The van der Waals surface area contributed by atoms with Crippen LogP contribution in [0.5, 0.6) is 0 Å². The maximum absolute atomic E-state index is 12.9. The van der Waals surface area contributed by atoms with Crippen molar-refractivity contribution in [3.05, 3.63) is 32.7 Å². The number of amides is 1. The van der Waals surface area contributed by atoms with Crippen molar-refractivity contribution in [3.63, 3.8) is 0 Å². The molecule has 0 aromatic carbocycles. The monoisotopic (exact) mass is 463 g/mol. The van der Waals surface area contributed by atoms with Crippen molar-refractivity contribution < 1.29 is 22.7 Å². The Hall–Kier alpha value is -2.67. The number of aromatic nitrogens is 1. The van der Waals surface area contributed by atoms with Crippen LogP contribution in [-0.4, -0.2) is 60.4 Å². The van der Waals surface area contributed by atoms with Gasteiger partial charge >= 0.3 is 5.97 Å². The van der Waals surface area contributed by atoms with Crippen molar-refractivity contribution in [2.75, 3.05) is 18.1 Å². The van der Waals surface area contributed by atoms with Crippen LogP contribution in [0.2, 0.25) is 0 Å². The molecule has 10 heteroatoms. The number of aryl methyl sites for hydroxylation is 1. The standard InChI is InChI=1S/C22H29N3O6S/c1-14-18(15(2)24-22(28)19(14)11-23)7-8-21(27)31-12-20(26)25(16-5-3-4-6-16)17-9-10-32(29,30)13-17/h16-17H,3-10,12-13H2,1-2H3,(H,24,28). The van der Waals surface area contributed by atoms with E-state index in [0.29, 0.717) is 23.2 Å². The van der Waals surface area contributed by atoms with Crippen molar-refractivity contribution in [3.8, 4) is 6.07 Å². The second kappa shape index (κ2) is 9.86. The Morgan fingerprint density at radius 2 is 1.88 bits per heavy atom. The number of H-pyrrole nitrogens is 1. The number of nitrogens with zero attached hydrogens (tertiary/aromatic N) is 2. The summed E-state index contributed by atoms with van der Waals surface area (Å²) in [5.74, 6) is -0.867. The van der Waals surface area contributed by atoms with Gasteiger partial charge in [0.05, 0.1) is 11.5 Å². The molecule has 32 heavy (non-hydrogen) atoms. The summed E-state index contributed by atoms with van der Waals surface area (Å²) in [5.41, 5.74) is 1.39. The van der Waals surface area contributed by atoms with Gasteiger partial charge in [0.2, 0.25) is 0 Å². The highest BCUT2D eigenvalue weighted by Gasteiger charge is 2.39. The van der Waals surface area contributed by atoms with E-state index < -0.39 is 28.0 Å². The van der Waals surface area contributed by atoms with E-state index >= 15 is 0 Å². The van der Waals surface area contributed by atoms with Crippen LogP contribution >= 0.6 is 0 Å². The molecule has 2 fully saturated rings. The lowest BCUT2D eigenvalue weighted by Gasteiger charge is -2.33. The molecule has 1 saturated heterocycles.